The van der Waals surface area contributed by atoms with E-state index in [2.05, 4.69) is 52.5 Å². The summed E-state index contributed by atoms with van der Waals surface area (Å²) in [5.41, 5.74) is 4.90. The molecule has 20 heavy (non-hydrogen) atoms. The number of hydrogen-bond acceptors (Lipinski definition) is 2. The molecule has 0 radical (unpaired) electrons. The van der Waals surface area contributed by atoms with Gasteiger partial charge in [-0.25, -0.2) is 4.98 Å². The summed E-state index contributed by atoms with van der Waals surface area (Å²) < 4.78 is 0. The van der Waals surface area contributed by atoms with Gasteiger partial charge in [0.25, 0.3) is 0 Å². The van der Waals surface area contributed by atoms with Crippen LogP contribution in [0.1, 0.15) is 23.9 Å². The maximum atomic E-state index is 4.57. The number of H-pyrrole nitrogens is 1. The molecule has 3 aromatic rings. The molecule has 3 heteroatoms. The molecule has 3 nitrogen and oxygen atoms in total. The monoisotopic (exact) mass is 265 g/mol. The maximum Gasteiger partial charge on any atom is 0.121 e. The van der Waals surface area contributed by atoms with Crippen LogP contribution in [0, 0.1) is 0 Å². The predicted octanol–water partition coefficient (Wildman–Crippen LogP) is 3.42. The Hall–Kier alpha value is -2.13. The molecule has 0 spiro atoms. The summed E-state index contributed by atoms with van der Waals surface area (Å²) >= 11 is 0. The molecule has 0 unspecified atom stereocenters. The van der Waals surface area contributed by atoms with E-state index in [0.717, 1.165) is 36.4 Å². The van der Waals surface area contributed by atoms with Gasteiger partial charge in [0.1, 0.15) is 5.82 Å². The number of imidazole rings is 1. The van der Waals surface area contributed by atoms with Crippen LogP contribution in [0.4, 0.5) is 0 Å². The van der Waals surface area contributed by atoms with Crippen LogP contribution in [0.25, 0.3) is 11.0 Å². The molecule has 1 heterocycles. The van der Waals surface area contributed by atoms with Crippen molar-refractivity contribution in [3.8, 4) is 0 Å². The van der Waals surface area contributed by atoms with E-state index in [9.17, 15) is 0 Å². The average molecular weight is 265 g/mol. The molecule has 0 aliphatic rings. The highest BCUT2D eigenvalue weighted by atomic mass is 15.0. The number of nitrogens with zero attached hydrogens (tertiary/aromatic N) is 1. The molecule has 102 valence electrons. The lowest BCUT2D eigenvalue weighted by Crippen LogP contribution is -2.14. The van der Waals surface area contributed by atoms with Gasteiger partial charge < -0.3 is 10.3 Å². The van der Waals surface area contributed by atoms with Gasteiger partial charge in [0.05, 0.1) is 17.6 Å². The van der Waals surface area contributed by atoms with Crippen LogP contribution >= 0.6 is 0 Å². The van der Waals surface area contributed by atoms with Crippen molar-refractivity contribution in [2.24, 2.45) is 0 Å². The van der Waals surface area contributed by atoms with Crippen molar-refractivity contribution in [3.63, 3.8) is 0 Å². The van der Waals surface area contributed by atoms with Crippen LogP contribution in [0.5, 0.6) is 0 Å². The number of rotatable bonds is 5. The second-order valence-electron chi connectivity index (χ2n) is 4.93. The maximum absolute atomic E-state index is 4.57. The van der Waals surface area contributed by atoms with E-state index in [4.69, 9.17) is 0 Å². The highest BCUT2D eigenvalue weighted by Crippen LogP contribution is 2.11. The number of para-hydroxylation sites is 2. The van der Waals surface area contributed by atoms with E-state index in [1.807, 2.05) is 18.2 Å². The quantitative estimate of drug-likeness (QED) is 0.742. The molecular formula is C17H19N3. The van der Waals surface area contributed by atoms with Gasteiger partial charge in [-0.05, 0) is 29.7 Å². The van der Waals surface area contributed by atoms with Crippen molar-refractivity contribution >= 4 is 11.0 Å². The van der Waals surface area contributed by atoms with E-state index in [1.165, 1.54) is 11.1 Å². The number of aromatic amines is 1. The van der Waals surface area contributed by atoms with E-state index in [-0.39, 0.29) is 0 Å². The minimum atomic E-state index is 0.757. The van der Waals surface area contributed by atoms with E-state index >= 15 is 0 Å². The smallest absolute Gasteiger partial charge is 0.121 e. The summed E-state index contributed by atoms with van der Waals surface area (Å²) in [6.07, 6.45) is 1.07. The molecule has 3 rings (SSSR count). The minimum Gasteiger partial charge on any atom is -0.341 e. The van der Waals surface area contributed by atoms with Gasteiger partial charge >= 0.3 is 0 Å². The number of nitrogens with one attached hydrogen (secondary N) is 2. The molecule has 0 aliphatic heterocycles. The van der Waals surface area contributed by atoms with Crippen LogP contribution in [-0.2, 0) is 19.5 Å². The lowest BCUT2D eigenvalue weighted by molar-refractivity contribution is 0.666. The summed E-state index contributed by atoms with van der Waals surface area (Å²) in [4.78, 5) is 7.91. The molecule has 0 bridgehead atoms. The van der Waals surface area contributed by atoms with Crippen molar-refractivity contribution in [1.29, 1.82) is 0 Å². The van der Waals surface area contributed by atoms with Gasteiger partial charge in [-0.3, -0.25) is 0 Å². The largest absolute Gasteiger partial charge is 0.341 e. The summed E-state index contributed by atoms with van der Waals surface area (Å²) in [6.45, 7) is 3.83. The van der Waals surface area contributed by atoms with Gasteiger partial charge in [-0.1, -0.05) is 43.3 Å². The molecule has 2 aromatic carbocycles. The third kappa shape index (κ3) is 2.73. The molecule has 0 atom stereocenters. The van der Waals surface area contributed by atoms with Crippen molar-refractivity contribution in [3.05, 3.63) is 65.5 Å². The molecule has 1 aromatic heterocycles. The molecule has 0 amide bonds. The lowest BCUT2D eigenvalue weighted by Gasteiger charge is -2.08. The Kier molecular flexibility index (Phi) is 3.79. The van der Waals surface area contributed by atoms with Gasteiger partial charge in [0.2, 0.25) is 0 Å². The Labute approximate surface area is 119 Å². The van der Waals surface area contributed by atoms with Crippen molar-refractivity contribution in [2.75, 3.05) is 0 Å². The van der Waals surface area contributed by atoms with Gasteiger partial charge in [-0.15, -0.1) is 0 Å². The Morgan fingerprint density at radius 1 is 0.950 bits per heavy atom. The molecule has 2 N–H and O–H groups in total. The number of hydrogen-bond donors (Lipinski definition) is 2. The zero-order valence-electron chi connectivity index (χ0n) is 11.7. The Bertz CT molecular complexity index is 667. The average Bonchev–Trinajstić information content (AvgIpc) is 2.90. The third-order valence-electron chi connectivity index (χ3n) is 3.55. The van der Waals surface area contributed by atoms with Crippen LogP contribution in [0.2, 0.25) is 0 Å². The fraction of sp³-hybridized carbons (Fsp3) is 0.235. The third-order valence-corrected chi connectivity index (χ3v) is 3.55. The van der Waals surface area contributed by atoms with E-state index in [0.29, 0.717) is 0 Å². The summed E-state index contributed by atoms with van der Waals surface area (Å²) in [7, 11) is 0. The number of fused-ring (bicyclic) bond motifs is 1. The second kappa shape index (κ2) is 5.88. The van der Waals surface area contributed by atoms with Gasteiger partial charge in [0.15, 0.2) is 0 Å². The fourth-order valence-corrected chi connectivity index (χ4v) is 2.48. The van der Waals surface area contributed by atoms with Crippen LogP contribution in [0.15, 0.2) is 48.5 Å². The molecule has 0 saturated carbocycles. The first-order chi connectivity index (χ1) is 9.86. The van der Waals surface area contributed by atoms with Crippen LogP contribution < -0.4 is 5.32 Å². The van der Waals surface area contributed by atoms with E-state index in [1.54, 1.807) is 0 Å². The first-order valence-corrected chi connectivity index (χ1v) is 7.08. The Balaban J connectivity index is 1.65. The van der Waals surface area contributed by atoms with Crippen molar-refractivity contribution < 1.29 is 0 Å². The molecular weight excluding hydrogens is 246 g/mol. The Morgan fingerprint density at radius 2 is 1.70 bits per heavy atom. The number of aromatic nitrogens is 2. The lowest BCUT2D eigenvalue weighted by atomic mass is 10.1. The summed E-state index contributed by atoms with van der Waals surface area (Å²) in [6, 6.07) is 16.7. The standard InChI is InChI=1S/C17H19N3/c1-2-13-7-3-4-8-14(13)11-18-12-17-19-15-9-5-6-10-16(15)20-17/h3-10,18H,2,11-12H2,1H3,(H,19,20). The number of benzene rings is 2. The van der Waals surface area contributed by atoms with E-state index < -0.39 is 0 Å². The first kappa shape index (κ1) is 12.9. The van der Waals surface area contributed by atoms with Gasteiger partial charge in [0, 0.05) is 6.54 Å². The minimum absolute atomic E-state index is 0.757. The summed E-state index contributed by atoms with van der Waals surface area (Å²) in [5, 5.41) is 3.46. The molecule has 0 fully saturated rings. The second-order valence-corrected chi connectivity index (χ2v) is 4.93. The van der Waals surface area contributed by atoms with Crippen molar-refractivity contribution in [1.82, 2.24) is 15.3 Å². The first-order valence-electron chi connectivity index (χ1n) is 7.08. The zero-order chi connectivity index (χ0) is 13.8. The van der Waals surface area contributed by atoms with Crippen molar-refractivity contribution in [2.45, 2.75) is 26.4 Å². The topological polar surface area (TPSA) is 40.7 Å². The van der Waals surface area contributed by atoms with Crippen LogP contribution in [-0.4, -0.2) is 9.97 Å². The predicted molar refractivity (Wildman–Crippen MR) is 82.5 cm³/mol. The SMILES string of the molecule is CCc1ccccc1CNCc1nc2ccccc2[nH]1. The zero-order valence-corrected chi connectivity index (χ0v) is 11.7. The van der Waals surface area contributed by atoms with Crippen LogP contribution in [0.3, 0.4) is 0 Å². The fourth-order valence-electron chi connectivity index (χ4n) is 2.48. The highest BCUT2D eigenvalue weighted by molar-refractivity contribution is 5.74. The number of aryl methyl sites for hydroxylation is 1. The molecule has 0 saturated heterocycles. The highest BCUT2D eigenvalue weighted by Gasteiger charge is 2.03. The normalized spacial score (nSPS) is 11.1. The molecule has 0 aliphatic carbocycles. The Morgan fingerprint density at radius 3 is 2.50 bits per heavy atom. The summed E-state index contributed by atoms with van der Waals surface area (Å²) in [5.74, 6) is 0.986. The van der Waals surface area contributed by atoms with Gasteiger partial charge in [-0.2, -0.15) is 0 Å².